The van der Waals surface area contributed by atoms with Gasteiger partial charge < -0.3 is 20.4 Å². The molecule has 0 aromatic heterocycles. The van der Waals surface area contributed by atoms with Crippen molar-refractivity contribution >= 4 is 124 Å². The van der Waals surface area contributed by atoms with Crippen LogP contribution in [0.4, 0.5) is 0 Å². The summed E-state index contributed by atoms with van der Waals surface area (Å²) in [6.45, 7) is 3.45. The monoisotopic (exact) mass is 568 g/mol. The Hall–Kier alpha value is -0.330. The number of aryl methyl sites for hydroxylation is 2. The minimum atomic E-state index is -1.44. The largest absolute Gasteiger partial charge is 0.0620 e. The molecule has 2 saturated heterocycles. The molecule has 0 saturated carbocycles. The Kier molecular flexibility index (Phi) is 14.1. The maximum Gasteiger partial charge on any atom is -0.0273 e. The number of nitrogens with one attached hydrogen (secondary N) is 1. The molecule has 2 aromatic carbocycles. The second-order valence-corrected chi connectivity index (χ2v) is 11.2. The van der Waals surface area contributed by atoms with E-state index in [9.17, 15) is 29.4 Å². The fourth-order valence-corrected chi connectivity index (χ4v) is 6.57. The summed E-state index contributed by atoms with van der Waals surface area (Å²) in [6.07, 6.45) is 3.96. The third-order valence-electron chi connectivity index (χ3n) is 6.63. The molecule has 2 aliphatic heterocycles. The first-order chi connectivity index (χ1) is 16.6. The van der Waals surface area contributed by atoms with Crippen LogP contribution >= 0.6 is 11.8 Å². The van der Waals surface area contributed by atoms with Crippen LogP contribution in [0, 0.1) is 0 Å². The molecule has 1 unspecified atom stereocenters. The zero-order valence-electron chi connectivity index (χ0n) is 19.5. The SMILES string of the molecule is CC1(C)S[C@@H]2[C@H](NC(=O)C(C(=O)O)c3ccccc3)C(=O)N2[C@H]1C(=O)O.[NaH].[NaH].[NaH].c1ccc2c(c1)CCC2. The van der Waals surface area contributed by atoms with Crippen molar-refractivity contribution in [3.63, 3.8) is 0 Å². The number of aliphatic carboxylic acids is 2. The topological polar surface area (TPSA) is 124 Å². The molecular weight excluding hydrogens is 537 g/mol. The molecule has 3 aliphatic rings. The number of β-lactam (4-membered cyclic amide) rings is 1. The van der Waals surface area contributed by atoms with E-state index in [1.54, 1.807) is 43.2 Å². The molecule has 2 heterocycles. The zero-order chi connectivity index (χ0) is 25.3. The second-order valence-electron chi connectivity index (χ2n) is 9.39. The summed E-state index contributed by atoms with van der Waals surface area (Å²) in [4.78, 5) is 49.2. The van der Waals surface area contributed by atoms with Crippen molar-refractivity contribution in [3.8, 4) is 0 Å². The third-order valence-corrected chi connectivity index (χ3v) is 8.20. The van der Waals surface area contributed by atoms with E-state index in [1.165, 1.54) is 48.1 Å². The van der Waals surface area contributed by atoms with Crippen LogP contribution in [0.25, 0.3) is 0 Å². The predicted octanol–water partition coefficient (Wildman–Crippen LogP) is 0.716. The Bertz CT molecular complexity index is 1140. The van der Waals surface area contributed by atoms with Gasteiger partial charge in [-0.3, -0.25) is 14.4 Å². The van der Waals surface area contributed by atoms with Crippen LogP contribution in [0.5, 0.6) is 0 Å². The number of carboxylic acid groups (broad SMARTS) is 2. The summed E-state index contributed by atoms with van der Waals surface area (Å²) in [6, 6.07) is 14.8. The maximum absolute atomic E-state index is 12.5. The molecule has 38 heavy (non-hydrogen) atoms. The fraction of sp³-hybridized carbons (Fsp3) is 0.385. The molecule has 2 fully saturated rings. The first kappa shape index (κ1) is 35.7. The molecule has 3 N–H and O–H groups in total. The number of carboxylic acids is 2. The maximum atomic E-state index is 12.5. The van der Waals surface area contributed by atoms with Crippen LogP contribution in [0.3, 0.4) is 0 Å². The van der Waals surface area contributed by atoms with Crippen LogP contribution in [0.2, 0.25) is 0 Å². The Labute approximate surface area is 292 Å². The van der Waals surface area contributed by atoms with Crippen LogP contribution < -0.4 is 5.32 Å². The number of hydrogen-bond donors (Lipinski definition) is 3. The van der Waals surface area contributed by atoms with Crippen molar-refractivity contribution in [1.29, 1.82) is 0 Å². The number of amides is 2. The van der Waals surface area contributed by atoms with Gasteiger partial charge in [0.15, 0.2) is 5.92 Å². The summed E-state index contributed by atoms with van der Waals surface area (Å²) in [5, 5.41) is 20.8. The van der Waals surface area contributed by atoms with Gasteiger partial charge in [-0.25, -0.2) is 4.79 Å². The predicted molar refractivity (Wildman–Crippen MR) is 152 cm³/mol. The Morgan fingerprint density at radius 1 is 0.947 bits per heavy atom. The van der Waals surface area contributed by atoms with Gasteiger partial charge in [0.05, 0.1) is 0 Å². The van der Waals surface area contributed by atoms with Crippen molar-refractivity contribution < 1.29 is 29.4 Å². The van der Waals surface area contributed by atoms with Crippen LogP contribution in [-0.2, 0) is 32.0 Å². The van der Waals surface area contributed by atoms with E-state index in [1.807, 2.05) is 0 Å². The normalized spacial score (nSPS) is 22.3. The number of carbonyl (C=O) groups is 4. The van der Waals surface area contributed by atoms with Gasteiger partial charge in [-0.2, -0.15) is 0 Å². The molecule has 0 spiro atoms. The van der Waals surface area contributed by atoms with Crippen molar-refractivity contribution in [1.82, 2.24) is 10.2 Å². The second kappa shape index (κ2) is 15.1. The van der Waals surface area contributed by atoms with Gasteiger partial charge in [-0.15, -0.1) is 11.8 Å². The number of hydrogen-bond acceptors (Lipinski definition) is 5. The first-order valence-corrected chi connectivity index (χ1v) is 12.4. The van der Waals surface area contributed by atoms with Gasteiger partial charge in [0.1, 0.15) is 17.5 Å². The van der Waals surface area contributed by atoms with E-state index in [0.29, 0.717) is 5.56 Å². The molecule has 0 radical (unpaired) electrons. The average molecular weight is 569 g/mol. The zero-order valence-corrected chi connectivity index (χ0v) is 20.3. The number of benzene rings is 2. The van der Waals surface area contributed by atoms with E-state index in [0.717, 1.165) is 0 Å². The summed E-state index contributed by atoms with van der Waals surface area (Å²) in [5.41, 5.74) is 3.44. The molecule has 4 atom stereocenters. The average Bonchev–Trinajstić information content (AvgIpc) is 3.39. The molecule has 2 aromatic rings. The number of fused-ring (bicyclic) bond motifs is 2. The van der Waals surface area contributed by atoms with Crippen LogP contribution in [0.15, 0.2) is 54.6 Å². The van der Waals surface area contributed by atoms with E-state index in [2.05, 4.69) is 29.6 Å². The number of thioether (sulfide) groups is 1. The minimum Gasteiger partial charge on any atom is -0.0620 e. The fourth-order valence-electron chi connectivity index (χ4n) is 4.95. The van der Waals surface area contributed by atoms with E-state index < -0.39 is 51.9 Å². The van der Waals surface area contributed by atoms with Crippen LogP contribution in [0.1, 0.15) is 42.9 Å². The molecular formula is C26H31N2Na3O6S. The molecule has 12 heteroatoms. The van der Waals surface area contributed by atoms with Crippen molar-refractivity contribution in [3.05, 3.63) is 71.3 Å². The minimum absolute atomic E-state index is 0. The van der Waals surface area contributed by atoms with Gasteiger partial charge in [-0.05, 0) is 49.8 Å². The van der Waals surface area contributed by atoms with E-state index in [4.69, 9.17) is 0 Å². The third kappa shape index (κ3) is 7.49. The standard InChI is InChI=1S/C17H18N2O6S.C9H10.3Na.3H/c1-17(2)11(16(24)25)19-13(21)10(14(19)26-17)18-12(20)9(15(22)23)8-6-4-3-5-7-8;1-2-5-9-7-3-6-8(9)4-1;;;;;;/h3-7,9-11,14H,1-2H3,(H,18,20)(H,22,23)(H,24,25);1-2,4-5H,3,6-7H2;;;;;;/t9?,10-,11+,14-;;;;;;;/m1......./s1. The van der Waals surface area contributed by atoms with Crippen molar-refractivity contribution in [2.45, 2.75) is 61.2 Å². The molecule has 1 aliphatic carbocycles. The molecule has 5 rings (SSSR count). The Balaban J connectivity index is 0.000000509. The number of carbonyl (C=O) groups excluding carboxylic acids is 2. The van der Waals surface area contributed by atoms with Gasteiger partial charge in [-0.1, -0.05) is 54.6 Å². The van der Waals surface area contributed by atoms with E-state index >= 15 is 0 Å². The number of rotatable bonds is 5. The van der Waals surface area contributed by atoms with Gasteiger partial charge in [0.25, 0.3) is 0 Å². The molecule has 2 amide bonds. The Morgan fingerprint density at radius 3 is 1.97 bits per heavy atom. The molecule has 0 bridgehead atoms. The van der Waals surface area contributed by atoms with Crippen LogP contribution in [-0.4, -0.2) is 150 Å². The quantitative estimate of drug-likeness (QED) is 0.276. The van der Waals surface area contributed by atoms with E-state index in [-0.39, 0.29) is 88.7 Å². The summed E-state index contributed by atoms with van der Waals surface area (Å²) in [7, 11) is 0. The summed E-state index contributed by atoms with van der Waals surface area (Å²) >= 11 is 1.29. The van der Waals surface area contributed by atoms with Crippen molar-refractivity contribution in [2.24, 2.45) is 0 Å². The summed E-state index contributed by atoms with van der Waals surface area (Å²) < 4.78 is -0.711. The van der Waals surface area contributed by atoms with Gasteiger partial charge >= 0.3 is 101 Å². The number of nitrogens with zero attached hydrogens (tertiary/aromatic N) is 1. The first-order valence-electron chi connectivity index (χ1n) is 11.5. The van der Waals surface area contributed by atoms with Crippen molar-refractivity contribution in [2.75, 3.05) is 0 Å². The molecule has 190 valence electrons. The summed E-state index contributed by atoms with van der Waals surface area (Å²) in [5.74, 6) is -5.16. The smallest absolute Gasteiger partial charge is 0.0273 e. The van der Waals surface area contributed by atoms with Gasteiger partial charge in [0.2, 0.25) is 11.8 Å². The molecule has 8 nitrogen and oxygen atoms in total. The Morgan fingerprint density at radius 2 is 1.47 bits per heavy atom. The van der Waals surface area contributed by atoms with Gasteiger partial charge in [0, 0.05) is 4.75 Å².